The first-order valence-electron chi connectivity index (χ1n) is 10.3. The van der Waals surface area contributed by atoms with Crippen molar-refractivity contribution in [1.29, 1.82) is 0 Å². The molecule has 2 aromatic carbocycles. The molecule has 1 aromatic heterocycles. The van der Waals surface area contributed by atoms with Gasteiger partial charge in [0.25, 0.3) is 11.5 Å². The summed E-state index contributed by atoms with van der Waals surface area (Å²) in [4.78, 5) is 29.7. The van der Waals surface area contributed by atoms with E-state index in [1.807, 2.05) is 60.7 Å². The van der Waals surface area contributed by atoms with E-state index in [-0.39, 0.29) is 31.7 Å². The Morgan fingerprint density at radius 1 is 0.844 bits per heavy atom. The fourth-order valence-electron chi connectivity index (χ4n) is 3.56. The van der Waals surface area contributed by atoms with Crippen molar-refractivity contribution in [3.05, 3.63) is 99.7 Å². The number of H-pyrrole nitrogens is 1. The third-order valence-corrected chi connectivity index (χ3v) is 6.91. The highest BCUT2D eigenvalue weighted by Gasteiger charge is 2.28. The Balaban J connectivity index is 1.41. The number of carbonyl (C=O) groups excluding carboxylic acids is 1. The van der Waals surface area contributed by atoms with E-state index in [2.05, 4.69) is 4.98 Å². The smallest absolute Gasteiger partial charge is 0.261 e. The molecule has 1 fully saturated rings. The largest absolute Gasteiger partial charge is 0.336 e. The quantitative estimate of drug-likeness (QED) is 0.649. The highest BCUT2D eigenvalue weighted by Crippen LogP contribution is 2.16. The number of hydrogen-bond acceptors (Lipinski definition) is 4. The maximum Gasteiger partial charge on any atom is 0.261 e. The number of rotatable bonds is 5. The Labute approximate surface area is 186 Å². The van der Waals surface area contributed by atoms with Gasteiger partial charge in [0, 0.05) is 37.3 Å². The molecule has 1 saturated heterocycles. The molecule has 0 bridgehead atoms. The van der Waals surface area contributed by atoms with Crippen molar-refractivity contribution in [2.24, 2.45) is 0 Å². The van der Waals surface area contributed by atoms with Crippen LogP contribution in [0.1, 0.15) is 15.9 Å². The van der Waals surface area contributed by atoms with Crippen molar-refractivity contribution in [3.63, 3.8) is 0 Å². The van der Waals surface area contributed by atoms with Crippen LogP contribution >= 0.6 is 0 Å². The Morgan fingerprint density at radius 2 is 1.47 bits per heavy atom. The van der Waals surface area contributed by atoms with Gasteiger partial charge in [-0.05, 0) is 29.3 Å². The first-order valence-corrected chi connectivity index (χ1v) is 11.8. The lowest BCUT2D eigenvalue weighted by Gasteiger charge is -2.33. The van der Waals surface area contributed by atoms with E-state index in [0.717, 1.165) is 11.1 Å². The molecular formula is C24H23N3O4S. The number of aromatic amines is 1. The second kappa shape index (κ2) is 9.33. The molecular weight excluding hydrogens is 426 g/mol. The number of aromatic nitrogens is 1. The van der Waals surface area contributed by atoms with Crippen LogP contribution in [0.5, 0.6) is 0 Å². The zero-order valence-electron chi connectivity index (χ0n) is 17.3. The third kappa shape index (κ3) is 4.87. The minimum atomic E-state index is -3.59. The summed E-state index contributed by atoms with van der Waals surface area (Å²) >= 11 is 0. The lowest BCUT2D eigenvalue weighted by atomic mass is 10.1. The van der Waals surface area contributed by atoms with Gasteiger partial charge < -0.3 is 9.88 Å². The second-order valence-electron chi connectivity index (χ2n) is 7.43. The molecule has 8 heteroatoms. The molecule has 1 amide bonds. The van der Waals surface area contributed by atoms with E-state index in [9.17, 15) is 18.0 Å². The number of hydrogen-bond donors (Lipinski definition) is 1. The SMILES string of the molecule is O=C(c1ccc(-c2ccccc2)[nH]c1=O)N1CCN(S(=O)(=O)/C=C/c2ccccc2)CC1. The lowest BCUT2D eigenvalue weighted by molar-refractivity contribution is 0.0697. The van der Waals surface area contributed by atoms with Crippen LogP contribution in [0.4, 0.5) is 0 Å². The summed E-state index contributed by atoms with van der Waals surface area (Å²) in [6, 6.07) is 21.8. The molecule has 1 N–H and O–H groups in total. The number of pyridine rings is 1. The molecule has 0 aliphatic carbocycles. The van der Waals surface area contributed by atoms with Gasteiger partial charge in [0.05, 0.1) is 0 Å². The van der Waals surface area contributed by atoms with Crippen LogP contribution in [0.15, 0.2) is 83.0 Å². The molecule has 0 atom stereocenters. The number of carbonyl (C=O) groups is 1. The van der Waals surface area contributed by atoms with Gasteiger partial charge in [-0.2, -0.15) is 4.31 Å². The van der Waals surface area contributed by atoms with E-state index >= 15 is 0 Å². The predicted molar refractivity (Wildman–Crippen MR) is 124 cm³/mol. The molecule has 1 aliphatic heterocycles. The van der Waals surface area contributed by atoms with Crippen molar-refractivity contribution < 1.29 is 13.2 Å². The van der Waals surface area contributed by atoms with Crippen LogP contribution in [0.3, 0.4) is 0 Å². The number of sulfonamides is 1. The first kappa shape index (κ1) is 21.7. The van der Waals surface area contributed by atoms with Crippen molar-refractivity contribution in [2.75, 3.05) is 26.2 Å². The van der Waals surface area contributed by atoms with Gasteiger partial charge in [-0.15, -0.1) is 0 Å². The molecule has 2 heterocycles. The molecule has 4 rings (SSSR count). The van der Waals surface area contributed by atoms with E-state index in [1.165, 1.54) is 20.7 Å². The van der Waals surface area contributed by atoms with Crippen molar-refractivity contribution in [2.45, 2.75) is 0 Å². The summed E-state index contributed by atoms with van der Waals surface area (Å²) in [5, 5.41) is 1.19. The molecule has 0 unspecified atom stereocenters. The highest BCUT2D eigenvalue weighted by atomic mass is 32.2. The average molecular weight is 450 g/mol. The van der Waals surface area contributed by atoms with Gasteiger partial charge in [0.2, 0.25) is 10.0 Å². The fraction of sp³-hybridized carbons (Fsp3) is 0.167. The fourth-order valence-corrected chi connectivity index (χ4v) is 4.73. The predicted octanol–water partition coefficient (Wildman–Crippen LogP) is 2.80. The van der Waals surface area contributed by atoms with Crippen LogP contribution < -0.4 is 5.56 Å². The second-order valence-corrected chi connectivity index (χ2v) is 9.25. The summed E-state index contributed by atoms with van der Waals surface area (Å²) in [5.41, 5.74) is 1.87. The molecule has 7 nitrogen and oxygen atoms in total. The van der Waals surface area contributed by atoms with E-state index in [1.54, 1.807) is 12.1 Å². The van der Waals surface area contributed by atoms with Gasteiger partial charge in [-0.25, -0.2) is 8.42 Å². The Hall–Kier alpha value is -3.49. The van der Waals surface area contributed by atoms with Gasteiger partial charge in [-0.1, -0.05) is 60.7 Å². The van der Waals surface area contributed by atoms with E-state index in [0.29, 0.717) is 5.69 Å². The summed E-state index contributed by atoms with van der Waals surface area (Å²) < 4.78 is 26.6. The van der Waals surface area contributed by atoms with Crippen LogP contribution in [-0.4, -0.2) is 54.7 Å². The summed E-state index contributed by atoms with van der Waals surface area (Å²) in [6.45, 7) is 0.786. The monoisotopic (exact) mass is 449 g/mol. The van der Waals surface area contributed by atoms with Crippen LogP contribution in [-0.2, 0) is 10.0 Å². The molecule has 164 valence electrons. The molecule has 0 saturated carbocycles. The summed E-state index contributed by atoms with van der Waals surface area (Å²) in [6.07, 6.45) is 1.56. The van der Waals surface area contributed by atoms with Crippen molar-refractivity contribution in [3.8, 4) is 11.3 Å². The maximum absolute atomic E-state index is 12.9. The Morgan fingerprint density at radius 3 is 2.09 bits per heavy atom. The minimum Gasteiger partial charge on any atom is -0.336 e. The van der Waals surface area contributed by atoms with E-state index < -0.39 is 21.5 Å². The van der Waals surface area contributed by atoms with Crippen LogP contribution in [0.2, 0.25) is 0 Å². The number of benzene rings is 2. The average Bonchev–Trinajstić information content (AvgIpc) is 2.84. The molecule has 0 spiro atoms. The van der Waals surface area contributed by atoms with Crippen LogP contribution in [0, 0.1) is 0 Å². The summed E-state index contributed by atoms with van der Waals surface area (Å²) in [5.74, 6) is -0.400. The van der Waals surface area contributed by atoms with Crippen molar-refractivity contribution >= 4 is 22.0 Å². The molecule has 32 heavy (non-hydrogen) atoms. The highest BCUT2D eigenvalue weighted by molar-refractivity contribution is 7.92. The number of amides is 1. The van der Waals surface area contributed by atoms with Gasteiger partial charge in [0.1, 0.15) is 5.56 Å². The van der Waals surface area contributed by atoms with Crippen molar-refractivity contribution in [1.82, 2.24) is 14.2 Å². The van der Waals surface area contributed by atoms with Gasteiger partial charge in [-0.3, -0.25) is 9.59 Å². The molecule has 1 aliphatic rings. The minimum absolute atomic E-state index is 0.0463. The van der Waals surface area contributed by atoms with E-state index in [4.69, 9.17) is 0 Å². The number of nitrogens with one attached hydrogen (secondary N) is 1. The lowest BCUT2D eigenvalue weighted by Crippen LogP contribution is -2.50. The van der Waals surface area contributed by atoms with Gasteiger partial charge >= 0.3 is 0 Å². The van der Waals surface area contributed by atoms with Crippen LogP contribution in [0.25, 0.3) is 17.3 Å². The number of nitrogens with zero attached hydrogens (tertiary/aromatic N) is 2. The Bertz CT molecular complexity index is 1280. The number of piperazine rings is 1. The zero-order valence-corrected chi connectivity index (χ0v) is 18.2. The molecule has 0 radical (unpaired) electrons. The Kier molecular flexibility index (Phi) is 6.34. The topological polar surface area (TPSA) is 90.6 Å². The standard InChI is InChI=1S/C24H23N3O4S/c28-23-21(11-12-22(25-23)20-9-5-2-6-10-20)24(29)26-14-16-27(17-15-26)32(30,31)18-13-19-7-3-1-4-8-19/h1-13,18H,14-17H2,(H,25,28)/b18-13+. The third-order valence-electron chi connectivity index (χ3n) is 5.34. The molecule has 3 aromatic rings. The normalized spacial score (nSPS) is 15.2. The summed E-state index contributed by atoms with van der Waals surface area (Å²) in [7, 11) is -3.59. The maximum atomic E-state index is 12.9. The zero-order chi connectivity index (χ0) is 22.6. The first-order chi connectivity index (χ1) is 15.4. The van der Waals surface area contributed by atoms with Gasteiger partial charge in [0.15, 0.2) is 0 Å².